The molecule has 0 saturated heterocycles. The van der Waals surface area contributed by atoms with E-state index in [4.69, 9.17) is 23.0 Å². The van der Waals surface area contributed by atoms with Crippen LogP contribution in [-0.4, -0.2) is 88.6 Å². The molecule has 0 aromatic carbocycles. The fourth-order valence-corrected chi connectivity index (χ4v) is 3.83. The van der Waals surface area contributed by atoms with Crippen LogP contribution in [-0.2, 0) is 19.2 Å². The van der Waals surface area contributed by atoms with E-state index >= 15 is 0 Å². The lowest BCUT2D eigenvalue weighted by atomic mass is 9.90. The normalized spacial score (nSPS) is 14.4. The Labute approximate surface area is 220 Å². The van der Waals surface area contributed by atoms with Gasteiger partial charge in [-0.15, -0.1) is 0 Å². The molecule has 0 aliphatic heterocycles. The summed E-state index contributed by atoms with van der Waals surface area (Å²) in [7, 11) is 3.61. The number of nitrogens with one attached hydrogen (secondary N) is 6. The molecule has 216 valence electrons. The molecule has 0 aliphatic rings. The van der Waals surface area contributed by atoms with Crippen LogP contribution in [0.4, 0.5) is 0 Å². The summed E-state index contributed by atoms with van der Waals surface area (Å²) in [5, 5.41) is 14.5. The van der Waals surface area contributed by atoms with E-state index in [1.165, 1.54) is 0 Å². The molecule has 0 spiro atoms. The van der Waals surface area contributed by atoms with Crippen LogP contribution in [0.5, 0.6) is 0 Å². The average Bonchev–Trinajstić information content (AvgIpc) is 2.87. The second kappa shape index (κ2) is 21.8. The summed E-state index contributed by atoms with van der Waals surface area (Å²) in [5.74, 6) is 2.06. The summed E-state index contributed by atoms with van der Waals surface area (Å²) >= 11 is 0. The van der Waals surface area contributed by atoms with Crippen LogP contribution in [0, 0.1) is 5.92 Å². The average molecular weight is 531 g/mol. The molecule has 0 radical (unpaired) electrons. The molecule has 37 heavy (non-hydrogen) atoms. The highest BCUT2D eigenvalue weighted by atomic mass is 16.2. The molecular weight excluding hydrogens is 480 g/mol. The Kier molecular flexibility index (Phi) is 20.5. The van der Waals surface area contributed by atoms with E-state index in [0.29, 0.717) is 58.2 Å². The molecule has 0 fully saturated rings. The van der Waals surface area contributed by atoms with Gasteiger partial charge >= 0.3 is 0 Å². The quantitative estimate of drug-likeness (QED) is 0.0193. The first-order chi connectivity index (χ1) is 17.7. The van der Waals surface area contributed by atoms with Gasteiger partial charge in [-0.25, -0.2) is 0 Å². The van der Waals surface area contributed by atoms with Gasteiger partial charge in [-0.2, -0.15) is 0 Å². The van der Waals surface area contributed by atoms with Crippen molar-refractivity contribution in [1.82, 2.24) is 32.0 Å². The maximum atomic E-state index is 13.3. The van der Waals surface area contributed by atoms with E-state index in [1.807, 2.05) is 7.05 Å². The van der Waals surface area contributed by atoms with Crippen molar-refractivity contribution in [1.29, 1.82) is 0 Å². The monoisotopic (exact) mass is 530 g/mol. The number of nitrogens with two attached hydrogens (primary N) is 4. The van der Waals surface area contributed by atoms with Crippen LogP contribution in [0.1, 0.15) is 51.4 Å². The molecule has 3 amide bonds. The van der Waals surface area contributed by atoms with E-state index in [2.05, 4.69) is 32.0 Å². The molecule has 14 nitrogen and oxygen atoms in total. The van der Waals surface area contributed by atoms with Crippen molar-refractivity contribution < 1.29 is 19.2 Å². The van der Waals surface area contributed by atoms with Gasteiger partial charge in [-0.3, -0.25) is 30.4 Å². The third kappa shape index (κ3) is 15.6. The lowest BCUT2D eigenvalue weighted by Crippen LogP contribution is -2.55. The molecule has 4 atom stereocenters. The van der Waals surface area contributed by atoms with Gasteiger partial charge in [0.05, 0.1) is 18.0 Å². The largest absolute Gasteiger partial charge is 0.369 e. The highest BCUT2D eigenvalue weighted by Crippen LogP contribution is 2.14. The number of carbonyl (C=O) groups is 4. The first-order valence-corrected chi connectivity index (χ1v) is 13.1. The van der Waals surface area contributed by atoms with Crippen molar-refractivity contribution in [3.8, 4) is 0 Å². The summed E-state index contributed by atoms with van der Waals surface area (Å²) < 4.78 is 0. The Morgan fingerprint density at radius 3 is 1.84 bits per heavy atom. The van der Waals surface area contributed by atoms with E-state index in [9.17, 15) is 19.2 Å². The Morgan fingerprint density at radius 1 is 0.730 bits per heavy atom. The van der Waals surface area contributed by atoms with Gasteiger partial charge < -0.3 is 43.8 Å². The van der Waals surface area contributed by atoms with Crippen molar-refractivity contribution in [2.45, 2.75) is 69.5 Å². The summed E-state index contributed by atoms with van der Waals surface area (Å²) in [5.41, 5.74) is 19.5. The van der Waals surface area contributed by atoms with Crippen molar-refractivity contribution >= 4 is 23.5 Å². The minimum atomic E-state index is -1.07. The van der Waals surface area contributed by atoms with Crippen LogP contribution in [0.3, 0.4) is 0 Å². The van der Waals surface area contributed by atoms with Crippen LogP contribution in [0.25, 0.3) is 0 Å². The zero-order valence-corrected chi connectivity index (χ0v) is 22.4. The minimum Gasteiger partial charge on any atom is -0.369 e. The SMILES string of the molecule is CNCCCC(N)C(=O)N[C@H](CCCNC)C(=O)NC(CCCNCN)C(=O)C(CCCNN)C(N)=O. The Hall–Kier alpha value is -2.20. The first-order valence-electron chi connectivity index (χ1n) is 13.1. The molecule has 0 saturated carbocycles. The predicted molar refractivity (Wildman–Crippen MR) is 144 cm³/mol. The summed E-state index contributed by atoms with van der Waals surface area (Å²) in [6.07, 6.45) is 3.59. The summed E-state index contributed by atoms with van der Waals surface area (Å²) in [4.78, 5) is 51.3. The number of hydrogen-bond acceptors (Lipinski definition) is 11. The Morgan fingerprint density at radius 2 is 1.27 bits per heavy atom. The molecule has 0 bridgehead atoms. The number of Topliss-reactive ketones (excluding diaryl/α,β-unsaturated/α-hetero) is 1. The fourth-order valence-electron chi connectivity index (χ4n) is 3.83. The van der Waals surface area contributed by atoms with Gasteiger partial charge in [0.2, 0.25) is 17.7 Å². The van der Waals surface area contributed by atoms with Gasteiger partial charge in [-0.05, 0) is 85.1 Å². The van der Waals surface area contributed by atoms with Crippen LogP contribution >= 0.6 is 0 Å². The van der Waals surface area contributed by atoms with Gasteiger partial charge in [0.1, 0.15) is 6.04 Å². The van der Waals surface area contributed by atoms with Gasteiger partial charge in [0.15, 0.2) is 5.78 Å². The number of hydrazine groups is 1. The van der Waals surface area contributed by atoms with Crippen LogP contribution in [0.15, 0.2) is 0 Å². The fraction of sp³-hybridized carbons (Fsp3) is 0.826. The van der Waals surface area contributed by atoms with Gasteiger partial charge in [0, 0.05) is 13.2 Å². The van der Waals surface area contributed by atoms with Crippen molar-refractivity contribution in [3.05, 3.63) is 0 Å². The molecule has 14 heteroatoms. The van der Waals surface area contributed by atoms with Crippen molar-refractivity contribution in [2.75, 3.05) is 46.9 Å². The zero-order chi connectivity index (χ0) is 28.1. The van der Waals surface area contributed by atoms with E-state index in [0.717, 1.165) is 6.54 Å². The van der Waals surface area contributed by atoms with Crippen molar-refractivity contribution in [3.63, 3.8) is 0 Å². The molecule has 0 rings (SSSR count). The number of amides is 3. The predicted octanol–water partition coefficient (Wildman–Crippen LogP) is -3.52. The maximum Gasteiger partial charge on any atom is 0.243 e. The van der Waals surface area contributed by atoms with Crippen LogP contribution in [0.2, 0.25) is 0 Å². The standard InChI is InChI=1S/C23H50N10O4/c1-28-11-4-8-17(25)22(36)33-19(10-5-12-29-2)23(37)32-18(9-6-13-30-15-24)20(34)16(21(26)35)7-3-14-31-27/h16-19,28-31H,3-15,24-25,27H2,1-2H3,(H2,26,35)(H,32,37)(H,33,36)/t16?,17?,18?,19-/m1/s1. The second-order valence-corrected chi connectivity index (χ2v) is 9.02. The summed E-state index contributed by atoms with van der Waals surface area (Å²) in [6.45, 7) is 2.56. The van der Waals surface area contributed by atoms with Crippen LogP contribution < -0.4 is 55.1 Å². The van der Waals surface area contributed by atoms with Gasteiger partial charge in [-0.1, -0.05) is 0 Å². The zero-order valence-electron chi connectivity index (χ0n) is 22.4. The number of ketones is 1. The molecule has 0 aromatic heterocycles. The third-order valence-electron chi connectivity index (χ3n) is 5.98. The molecule has 3 unspecified atom stereocenters. The molecular formula is C23H50N10O4. The van der Waals surface area contributed by atoms with E-state index < -0.39 is 47.5 Å². The second-order valence-electron chi connectivity index (χ2n) is 9.02. The highest BCUT2D eigenvalue weighted by molar-refractivity contribution is 6.04. The lowest BCUT2D eigenvalue weighted by Gasteiger charge is -2.26. The smallest absolute Gasteiger partial charge is 0.243 e. The molecule has 0 aliphatic carbocycles. The number of rotatable bonds is 24. The summed E-state index contributed by atoms with van der Waals surface area (Å²) in [6, 6.07) is -2.60. The molecule has 14 N–H and O–H groups in total. The van der Waals surface area contributed by atoms with Gasteiger partial charge in [0.25, 0.3) is 0 Å². The van der Waals surface area contributed by atoms with E-state index in [1.54, 1.807) is 7.05 Å². The number of primary amides is 1. The van der Waals surface area contributed by atoms with Crippen molar-refractivity contribution in [2.24, 2.45) is 29.0 Å². The third-order valence-corrected chi connectivity index (χ3v) is 5.98. The number of carbonyl (C=O) groups excluding carboxylic acids is 4. The number of hydrogen-bond donors (Lipinski definition) is 10. The Bertz CT molecular complexity index is 667. The molecule has 0 aromatic rings. The topological polar surface area (TPSA) is 245 Å². The molecule has 0 heterocycles. The van der Waals surface area contributed by atoms with E-state index in [-0.39, 0.29) is 19.5 Å². The first kappa shape index (κ1) is 34.8. The lowest BCUT2D eigenvalue weighted by molar-refractivity contribution is -0.137. The Balaban J connectivity index is 5.56. The minimum absolute atomic E-state index is 0.204. The maximum absolute atomic E-state index is 13.3. The highest BCUT2D eigenvalue weighted by Gasteiger charge is 2.33.